The van der Waals surface area contributed by atoms with Gasteiger partial charge in [-0.1, -0.05) is 54.6 Å². The molecule has 6 nitrogen and oxygen atoms in total. The highest BCUT2D eigenvalue weighted by Crippen LogP contribution is 2.28. The van der Waals surface area contributed by atoms with Gasteiger partial charge in [-0.3, -0.25) is 14.9 Å². The Balaban J connectivity index is 1.39. The molecule has 1 heterocycles. The number of fused-ring (bicyclic) bond motifs is 1. The van der Waals surface area contributed by atoms with E-state index in [9.17, 15) is 14.4 Å². The molecule has 1 N–H and O–H groups in total. The van der Waals surface area contributed by atoms with Gasteiger partial charge >= 0.3 is 6.03 Å². The van der Waals surface area contributed by atoms with E-state index >= 15 is 0 Å². The zero-order valence-corrected chi connectivity index (χ0v) is 22.4. The molecule has 5 rings (SSSR count). The normalized spacial score (nSPS) is 14.8. The molecule has 0 unspecified atom stereocenters. The van der Waals surface area contributed by atoms with Crippen molar-refractivity contribution >= 4 is 63.0 Å². The van der Waals surface area contributed by atoms with Crippen LogP contribution >= 0.6 is 22.6 Å². The Morgan fingerprint density at radius 1 is 0.892 bits per heavy atom. The standard InChI is InChI=1S/C30H23IN2O4/c1-18-12-19(2)14-23(13-18)33-29(35)25(28(34)32-30(33)36)15-20-10-11-27(26(31)16-20)37-17-22-8-5-7-21-6-3-4-9-24(21)22/h3-16H,17H2,1-2H3,(H,32,34,36)/b25-15+. The predicted molar refractivity (Wildman–Crippen MR) is 152 cm³/mol. The lowest BCUT2D eigenvalue weighted by atomic mass is 10.0. The third-order valence-electron chi connectivity index (χ3n) is 6.10. The number of carbonyl (C=O) groups excluding carboxylic acids is 3. The fourth-order valence-electron chi connectivity index (χ4n) is 4.44. The Hall–Kier alpha value is -3.98. The third kappa shape index (κ3) is 5.13. The zero-order chi connectivity index (χ0) is 26.1. The monoisotopic (exact) mass is 602 g/mol. The maximum atomic E-state index is 13.2. The molecule has 1 aliphatic heterocycles. The second-order valence-corrected chi connectivity index (χ2v) is 10.1. The second-order valence-electron chi connectivity index (χ2n) is 8.92. The quantitative estimate of drug-likeness (QED) is 0.165. The lowest BCUT2D eigenvalue weighted by Gasteiger charge is -2.27. The van der Waals surface area contributed by atoms with E-state index < -0.39 is 17.8 Å². The smallest absolute Gasteiger partial charge is 0.335 e. The molecule has 0 spiro atoms. The van der Waals surface area contributed by atoms with Crippen molar-refractivity contribution in [3.05, 3.63) is 110 Å². The molecule has 4 aromatic carbocycles. The fraction of sp³-hybridized carbons (Fsp3) is 0.100. The number of hydrogen-bond acceptors (Lipinski definition) is 4. The van der Waals surface area contributed by atoms with Crippen LogP contribution in [0.5, 0.6) is 5.75 Å². The molecule has 37 heavy (non-hydrogen) atoms. The van der Waals surface area contributed by atoms with Crippen molar-refractivity contribution in [3.63, 3.8) is 0 Å². The molecule has 0 aliphatic carbocycles. The molecule has 184 valence electrons. The number of ether oxygens (including phenoxy) is 1. The summed E-state index contributed by atoms with van der Waals surface area (Å²) in [4.78, 5) is 39.3. The molecule has 0 bridgehead atoms. The summed E-state index contributed by atoms with van der Waals surface area (Å²) in [5.41, 5.74) is 3.86. The highest BCUT2D eigenvalue weighted by atomic mass is 127. The van der Waals surface area contributed by atoms with E-state index in [4.69, 9.17) is 4.74 Å². The number of aryl methyl sites for hydroxylation is 2. The summed E-state index contributed by atoms with van der Waals surface area (Å²) in [6.45, 7) is 4.18. The average Bonchev–Trinajstić information content (AvgIpc) is 2.85. The maximum Gasteiger partial charge on any atom is 0.335 e. The number of carbonyl (C=O) groups is 3. The topological polar surface area (TPSA) is 75.7 Å². The van der Waals surface area contributed by atoms with Gasteiger partial charge in [0.25, 0.3) is 11.8 Å². The number of halogens is 1. The number of nitrogens with zero attached hydrogens (tertiary/aromatic N) is 1. The Labute approximate surface area is 228 Å². The predicted octanol–water partition coefficient (Wildman–Crippen LogP) is 6.31. The van der Waals surface area contributed by atoms with Crippen LogP contribution in [-0.4, -0.2) is 17.8 Å². The summed E-state index contributed by atoms with van der Waals surface area (Å²) in [6.07, 6.45) is 1.50. The molecular weight excluding hydrogens is 579 g/mol. The Morgan fingerprint density at radius 2 is 1.62 bits per heavy atom. The first kappa shape index (κ1) is 24.7. The van der Waals surface area contributed by atoms with Crippen molar-refractivity contribution in [2.75, 3.05) is 4.90 Å². The van der Waals surface area contributed by atoms with Crippen molar-refractivity contribution in [2.45, 2.75) is 20.5 Å². The summed E-state index contributed by atoms with van der Waals surface area (Å²) in [7, 11) is 0. The van der Waals surface area contributed by atoms with Crippen molar-refractivity contribution in [1.82, 2.24) is 5.32 Å². The Bertz CT molecular complexity index is 1580. The van der Waals surface area contributed by atoms with Crippen LogP contribution in [0.4, 0.5) is 10.5 Å². The van der Waals surface area contributed by atoms with Crippen LogP contribution in [0.3, 0.4) is 0 Å². The minimum atomic E-state index is -0.760. The van der Waals surface area contributed by atoms with E-state index in [-0.39, 0.29) is 5.57 Å². The molecule has 0 saturated carbocycles. The number of nitrogens with one attached hydrogen (secondary N) is 1. The highest BCUT2D eigenvalue weighted by molar-refractivity contribution is 14.1. The van der Waals surface area contributed by atoms with E-state index in [0.29, 0.717) is 23.6 Å². The van der Waals surface area contributed by atoms with Gasteiger partial charge in [0.1, 0.15) is 17.9 Å². The molecule has 0 atom stereocenters. The average molecular weight is 602 g/mol. The molecule has 1 fully saturated rings. The van der Waals surface area contributed by atoms with Crippen LogP contribution < -0.4 is 15.0 Å². The minimum Gasteiger partial charge on any atom is -0.488 e. The summed E-state index contributed by atoms with van der Waals surface area (Å²) < 4.78 is 6.93. The summed E-state index contributed by atoms with van der Waals surface area (Å²) in [5.74, 6) is -0.686. The van der Waals surface area contributed by atoms with E-state index in [1.807, 2.05) is 56.3 Å². The van der Waals surface area contributed by atoms with Crippen LogP contribution in [0, 0.1) is 17.4 Å². The molecule has 0 aromatic heterocycles. The van der Waals surface area contributed by atoms with E-state index in [2.05, 4.69) is 46.1 Å². The molecular formula is C30H23IN2O4. The zero-order valence-electron chi connectivity index (χ0n) is 20.2. The van der Waals surface area contributed by atoms with Gasteiger partial charge in [0.2, 0.25) is 0 Å². The number of benzene rings is 4. The number of hydrogen-bond donors (Lipinski definition) is 1. The van der Waals surface area contributed by atoms with Gasteiger partial charge in [-0.15, -0.1) is 0 Å². The first-order chi connectivity index (χ1) is 17.8. The number of barbiturate groups is 1. The molecule has 0 radical (unpaired) electrons. The molecule has 1 saturated heterocycles. The number of anilines is 1. The maximum absolute atomic E-state index is 13.2. The first-order valence-corrected chi connectivity index (χ1v) is 12.8. The molecule has 4 amide bonds. The van der Waals surface area contributed by atoms with Crippen LogP contribution in [-0.2, 0) is 16.2 Å². The Kier molecular flexibility index (Phi) is 6.80. The van der Waals surface area contributed by atoms with E-state index in [1.54, 1.807) is 18.2 Å². The van der Waals surface area contributed by atoms with Crippen molar-refractivity contribution in [1.29, 1.82) is 0 Å². The summed E-state index contributed by atoms with van der Waals surface area (Å²) in [6, 6.07) is 24.4. The van der Waals surface area contributed by atoms with E-state index in [1.165, 1.54) is 6.08 Å². The molecule has 4 aromatic rings. The third-order valence-corrected chi connectivity index (χ3v) is 6.94. The van der Waals surface area contributed by atoms with Crippen LogP contribution in [0.2, 0.25) is 0 Å². The molecule has 1 aliphatic rings. The van der Waals surface area contributed by atoms with Gasteiger partial charge in [-0.05, 0) is 99.8 Å². The largest absolute Gasteiger partial charge is 0.488 e. The number of imide groups is 2. The number of amides is 4. The Morgan fingerprint density at radius 3 is 2.38 bits per heavy atom. The lowest BCUT2D eigenvalue weighted by Crippen LogP contribution is -2.54. The van der Waals surface area contributed by atoms with Gasteiger partial charge in [0, 0.05) is 0 Å². The lowest BCUT2D eigenvalue weighted by molar-refractivity contribution is -0.122. The second kappa shape index (κ2) is 10.2. The summed E-state index contributed by atoms with van der Waals surface area (Å²) in [5, 5.41) is 4.58. The SMILES string of the molecule is Cc1cc(C)cc(N2C(=O)NC(=O)/C(=C\c3ccc(OCc4cccc5ccccc45)c(I)c3)C2=O)c1. The molecule has 7 heteroatoms. The van der Waals surface area contributed by atoms with Gasteiger partial charge in [-0.2, -0.15) is 0 Å². The van der Waals surface area contributed by atoms with Crippen molar-refractivity contribution in [2.24, 2.45) is 0 Å². The van der Waals surface area contributed by atoms with Gasteiger partial charge in [-0.25, -0.2) is 9.69 Å². The minimum absolute atomic E-state index is 0.112. The number of rotatable bonds is 5. The first-order valence-electron chi connectivity index (χ1n) is 11.7. The highest BCUT2D eigenvalue weighted by Gasteiger charge is 2.37. The fourth-order valence-corrected chi connectivity index (χ4v) is 5.13. The van der Waals surface area contributed by atoms with Gasteiger partial charge in [0.05, 0.1) is 9.26 Å². The van der Waals surface area contributed by atoms with E-state index in [0.717, 1.165) is 35.9 Å². The van der Waals surface area contributed by atoms with Gasteiger partial charge in [0.15, 0.2) is 0 Å². The van der Waals surface area contributed by atoms with Crippen molar-refractivity contribution in [3.8, 4) is 5.75 Å². The van der Waals surface area contributed by atoms with Crippen LogP contribution in [0.1, 0.15) is 22.3 Å². The summed E-state index contributed by atoms with van der Waals surface area (Å²) >= 11 is 2.17. The van der Waals surface area contributed by atoms with Crippen LogP contribution in [0.15, 0.2) is 84.4 Å². The van der Waals surface area contributed by atoms with Gasteiger partial charge < -0.3 is 4.74 Å². The van der Waals surface area contributed by atoms with Crippen molar-refractivity contribution < 1.29 is 19.1 Å². The van der Waals surface area contributed by atoms with Crippen LogP contribution in [0.25, 0.3) is 16.8 Å². The number of urea groups is 1.